The zero-order chi connectivity index (χ0) is 14.1. The van der Waals surface area contributed by atoms with E-state index in [1.165, 1.54) is 22.2 Å². The number of imidazole rings is 1. The first-order valence-electron chi connectivity index (χ1n) is 6.77. The van der Waals surface area contributed by atoms with Crippen LogP contribution in [-0.4, -0.2) is 26.9 Å². The molecule has 1 fully saturated rings. The fourth-order valence-corrected chi connectivity index (χ4v) is 3.61. The van der Waals surface area contributed by atoms with Crippen LogP contribution >= 0.6 is 11.3 Å². The molecule has 2 atom stereocenters. The predicted molar refractivity (Wildman–Crippen MR) is 78.1 cm³/mol. The lowest BCUT2D eigenvalue weighted by molar-refractivity contribution is -0.389. The normalized spacial score (nSPS) is 23.1. The van der Waals surface area contributed by atoms with Gasteiger partial charge in [0.2, 0.25) is 5.82 Å². The topological polar surface area (TPSA) is 98.5 Å². The summed E-state index contributed by atoms with van der Waals surface area (Å²) in [5.74, 6) is 0.748. The summed E-state index contributed by atoms with van der Waals surface area (Å²) in [6.45, 7) is 0.605. The first-order valence-corrected chi connectivity index (χ1v) is 7.65. The molecule has 0 radical (unpaired) electrons. The number of hydrogen-bond acceptors (Lipinski definition) is 6. The summed E-state index contributed by atoms with van der Waals surface area (Å²) in [4.78, 5) is 15.9. The van der Waals surface area contributed by atoms with Gasteiger partial charge in [-0.1, -0.05) is 24.2 Å². The SMILES string of the molecule is NCC1CCCCC1Nc1nc2sccn2c1[N+](=O)[O-]. The molecule has 2 aromatic rings. The molecule has 3 rings (SSSR count). The van der Waals surface area contributed by atoms with Crippen molar-refractivity contribution in [1.82, 2.24) is 9.38 Å². The number of nitrogens with one attached hydrogen (secondary N) is 1. The Kier molecular flexibility index (Phi) is 3.58. The number of anilines is 1. The van der Waals surface area contributed by atoms with Gasteiger partial charge in [-0.15, -0.1) is 0 Å². The molecule has 0 aromatic carbocycles. The van der Waals surface area contributed by atoms with Crippen molar-refractivity contribution in [3.05, 3.63) is 21.7 Å². The van der Waals surface area contributed by atoms with E-state index in [0.29, 0.717) is 23.2 Å². The Bertz CT molecular complexity index is 622. The number of nitro groups is 1. The van der Waals surface area contributed by atoms with E-state index < -0.39 is 0 Å². The summed E-state index contributed by atoms with van der Waals surface area (Å²) in [7, 11) is 0. The minimum Gasteiger partial charge on any atom is -0.360 e. The number of nitrogens with two attached hydrogens (primary N) is 1. The van der Waals surface area contributed by atoms with Crippen LogP contribution < -0.4 is 11.1 Å². The van der Waals surface area contributed by atoms with Crippen LogP contribution in [0.5, 0.6) is 0 Å². The highest BCUT2D eigenvalue weighted by Gasteiger charge is 2.29. The lowest BCUT2D eigenvalue weighted by atomic mass is 9.84. The van der Waals surface area contributed by atoms with E-state index in [1.54, 1.807) is 11.6 Å². The third-order valence-electron chi connectivity index (χ3n) is 3.94. The highest BCUT2D eigenvalue weighted by atomic mass is 32.1. The monoisotopic (exact) mass is 295 g/mol. The molecule has 20 heavy (non-hydrogen) atoms. The molecule has 1 aliphatic rings. The molecule has 2 heterocycles. The van der Waals surface area contributed by atoms with Crippen molar-refractivity contribution in [2.45, 2.75) is 31.7 Å². The van der Waals surface area contributed by atoms with Crippen molar-refractivity contribution in [1.29, 1.82) is 0 Å². The Morgan fingerprint density at radius 3 is 3.10 bits per heavy atom. The largest absolute Gasteiger partial charge is 0.372 e. The van der Waals surface area contributed by atoms with E-state index in [-0.39, 0.29) is 16.8 Å². The number of rotatable bonds is 4. The first-order chi connectivity index (χ1) is 9.70. The van der Waals surface area contributed by atoms with Crippen molar-refractivity contribution in [2.24, 2.45) is 11.7 Å². The van der Waals surface area contributed by atoms with Gasteiger partial charge in [0.1, 0.15) is 6.20 Å². The first kappa shape index (κ1) is 13.3. The molecule has 1 saturated carbocycles. The third-order valence-corrected chi connectivity index (χ3v) is 4.70. The second kappa shape index (κ2) is 5.37. The molecule has 1 aliphatic carbocycles. The van der Waals surface area contributed by atoms with Crippen molar-refractivity contribution in [2.75, 3.05) is 11.9 Å². The average molecular weight is 295 g/mol. The Morgan fingerprint density at radius 2 is 2.35 bits per heavy atom. The number of aromatic nitrogens is 2. The molecule has 0 aliphatic heterocycles. The fourth-order valence-electron chi connectivity index (χ4n) is 2.90. The Labute approximate surface area is 120 Å². The maximum Gasteiger partial charge on any atom is 0.372 e. The van der Waals surface area contributed by atoms with Crippen molar-refractivity contribution in [3.8, 4) is 0 Å². The minimum atomic E-state index is -0.380. The van der Waals surface area contributed by atoms with Gasteiger partial charge in [-0.2, -0.15) is 9.38 Å². The van der Waals surface area contributed by atoms with Crippen molar-refractivity contribution < 1.29 is 4.92 Å². The lowest BCUT2D eigenvalue weighted by Crippen LogP contribution is -2.37. The maximum absolute atomic E-state index is 11.3. The number of thiazole rings is 1. The highest BCUT2D eigenvalue weighted by Crippen LogP contribution is 2.32. The van der Waals surface area contributed by atoms with Gasteiger partial charge in [-0.3, -0.25) is 0 Å². The molecule has 0 amide bonds. The van der Waals surface area contributed by atoms with Crippen LogP contribution in [0.1, 0.15) is 25.7 Å². The molecule has 0 bridgehead atoms. The Morgan fingerprint density at radius 1 is 1.55 bits per heavy atom. The molecule has 2 aromatic heterocycles. The van der Waals surface area contributed by atoms with Gasteiger partial charge >= 0.3 is 5.82 Å². The summed E-state index contributed by atoms with van der Waals surface area (Å²) in [6, 6.07) is 0.178. The number of hydrogen-bond donors (Lipinski definition) is 2. The second-order valence-corrected chi connectivity index (χ2v) is 6.00. The molecule has 3 N–H and O–H groups in total. The molecule has 108 valence electrons. The lowest BCUT2D eigenvalue weighted by Gasteiger charge is -2.31. The summed E-state index contributed by atoms with van der Waals surface area (Å²) in [5, 5.41) is 16.3. The van der Waals surface area contributed by atoms with Crippen molar-refractivity contribution >= 4 is 27.9 Å². The van der Waals surface area contributed by atoms with Gasteiger partial charge in [0.15, 0.2) is 0 Å². The number of nitrogens with zero attached hydrogens (tertiary/aromatic N) is 3. The molecule has 8 heteroatoms. The van der Waals surface area contributed by atoms with Crippen LogP contribution in [0.25, 0.3) is 4.96 Å². The van der Waals surface area contributed by atoms with Gasteiger partial charge in [-0.05, 0) is 30.2 Å². The van der Waals surface area contributed by atoms with Crippen LogP contribution in [0.15, 0.2) is 11.6 Å². The molecular weight excluding hydrogens is 278 g/mol. The summed E-state index contributed by atoms with van der Waals surface area (Å²) >= 11 is 1.39. The van der Waals surface area contributed by atoms with Gasteiger partial charge in [0, 0.05) is 11.4 Å². The standard InChI is InChI=1S/C12H17N5O2S/c13-7-8-3-1-2-4-9(8)14-10-11(17(18)19)16-5-6-20-12(16)15-10/h5-6,8-9,14H,1-4,7,13H2. The number of fused-ring (bicyclic) bond motifs is 1. The van der Waals surface area contributed by atoms with Crippen LogP contribution in [0.3, 0.4) is 0 Å². The summed E-state index contributed by atoms with van der Waals surface area (Å²) in [5.41, 5.74) is 5.80. The average Bonchev–Trinajstić information content (AvgIpc) is 2.99. The van der Waals surface area contributed by atoms with Gasteiger partial charge < -0.3 is 21.2 Å². The molecule has 7 nitrogen and oxygen atoms in total. The predicted octanol–water partition coefficient (Wildman–Crippen LogP) is 2.23. The van der Waals surface area contributed by atoms with Crippen molar-refractivity contribution in [3.63, 3.8) is 0 Å². The minimum absolute atomic E-state index is 0.0163. The van der Waals surface area contributed by atoms with E-state index in [9.17, 15) is 10.1 Å². The second-order valence-electron chi connectivity index (χ2n) is 5.13. The molecule has 2 unspecified atom stereocenters. The van der Waals surface area contributed by atoms with Gasteiger partial charge in [-0.25, -0.2) is 0 Å². The van der Waals surface area contributed by atoms with Crippen LogP contribution in [0.2, 0.25) is 0 Å². The highest BCUT2D eigenvalue weighted by molar-refractivity contribution is 7.15. The summed E-state index contributed by atoms with van der Waals surface area (Å²) < 4.78 is 1.52. The van der Waals surface area contributed by atoms with E-state index in [2.05, 4.69) is 10.3 Å². The molecular formula is C12H17N5O2S. The maximum atomic E-state index is 11.3. The van der Waals surface area contributed by atoms with Gasteiger partial charge in [0.05, 0.1) is 0 Å². The van der Waals surface area contributed by atoms with E-state index in [4.69, 9.17) is 5.73 Å². The van der Waals surface area contributed by atoms with E-state index >= 15 is 0 Å². The zero-order valence-electron chi connectivity index (χ0n) is 11.0. The Balaban J connectivity index is 1.91. The zero-order valence-corrected chi connectivity index (χ0v) is 11.8. The van der Waals surface area contributed by atoms with E-state index in [1.807, 2.05) is 0 Å². The Hall–Kier alpha value is -1.67. The quantitative estimate of drug-likeness (QED) is 0.665. The summed E-state index contributed by atoms with van der Waals surface area (Å²) in [6.07, 6.45) is 6.05. The van der Waals surface area contributed by atoms with Crippen LogP contribution in [0.4, 0.5) is 11.6 Å². The third kappa shape index (κ3) is 2.25. The molecule has 0 saturated heterocycles. The van der Waals surface area contributed by atoms with E-state index in [0.717, 1.165) is 19.3 Å². The van der Waals surface area contributed by atoms with Crippen LogP contribution in [0, 0.1) is 16.0 Å². The fraction of sp³-hybridized carbons (Fsp3) is 0.583. The van der Waals surface area contributed by atoms with Gasteiger partial charge in [0.25, 0.3) is 4.96 Å². The van der Waals surface area contributed by atoms with Crippen LogP contribution in [-0.2, 0) is 0 Å². The molecule has 0 spiro atoms. The smallest absolute Gasteiger partial charge is 0.360 e.